The summed E-state index contributed by atoms with van der Waals surface area (Å²) in [6.07, 6.45) is 1.10. The number of aliphatic carboxylic acids is 1. The predicted octanol–water partition coefficient (Wildman–Crippen LogP) is 2.29. The van der Waals surface area contributed by atoms with Gasteiger partial charge in [0.05, 0.1) is 0 Å². The van der Waals surface area contributed by atoms with E-state index in [0.717, 1.165) is 0 Å². The van der Waals surface area contributed by atoms with Crippen LogP contribution in [-0.2, 0) is 14.3 Å². The van der Waals surface area contributed by atoms with Gasteiger partial charge in [-0.2, -0.15) is 0 Å². The highest BCUT2D eigenvalue weighted by atomic mass is 16.6. The predicted molar refractivity (Wildman–Crippen MR) is 93.3 cm³/mol. The molecule has 0 aromatic carbocycles. The highest BCUT2D eigenvalue weighted by Gasteiger charge is 2.36. The summed E-state index contributed by atoms with van der Waals surface area (Å²) >= 11 is 0. The number of likely N-dealkylation sites (tertiary alicyclic amines) is 1. The standard InChI is InChI=1S/C16H27N5O5/c1-16(2,3)26-15(25)18-7-5-4-6-12(14(23)24)21-10-11(8-13(21)22)9-19-20-17/h11-12H,4-10H2,1-3H3,(H,18,25)(H,23,24)/t11?,12-/m0/s1. The maximum absolute atomic E-state index is 12.1. The van der Waals surface area contributed by atoms with Gasteiger partial charge in [0.2, 0.25) is 5.91 Å². The van der Waals surface area contributed by atoms with Crippen LogP contribution in [0, 0.1) is 5.92 Å². The minimum Gasteiger partial charge on any atom is -0.480 e. The molecule has 0 saturated carbocycles. The Hall–Kier alpha value is -2.48. The molecule has 26 heavy (non-hydrogen) atoms. The monoisotopic (exact) mass is 369 g/mol. The van der Waals surface area contributed by atoms with Crippen LogP contribution in [0.4, 0.5) is 4.79 Å². The molecule has 0 radical (unpaired) electrons. The number of hydrogen-bond acceptors (Lipinski definition) is 5. The summed E-state index contributed by atoms with van der Waals surface area (Å²) in [5.41, 5.74) is 7.78. The number of nitrogens with zero attached hydrogens (tertiary/aromatic N) is 4. The molecule has 146 valence electrons. The summed E-state index contributed by atoms with van der Waals surface area (Å²) < 4.78 is 5.11. The number of rotatable bonds is 9. The summed E-state index contributed by atoms with van der Waals surface area (Å²) in [5, 5.41) is 15.5. The number of carbonyl (C=O) groups is 3. The number of alkyl carbamates (subject to hydrolysis) is 1. The number of nitrogens with one attached hydrogen (secondary N) is 1. The third-order valence-corrected chi connectivity index (χ3v) is 3.88. The van der Waals surface area contributed by atoms with E-state index >= 15 is 0 Å². The summed E-state index contributed by atoms with van der Waals surface area (Å²) in [5.74, 6) is -1.43. The first kappa shape index (κ1) is 21.6. The molecule has 0 bridgehead atoms. The first-order chi connectivity index (χ1) is 12.1. The molecular weight excluding hydrogens is 342 g/mol. The van der Waals surface area contributed by atoms with E-state index < -0.39 is 23.7 Å². The zero-order valence-corrected chi connectivity index (χ0v) is 15.5. The van der Waals surface area contributed by atoms with E-state index in [4.69, 9.17) is 10.3 Å². The molecule has 10 heteroatoms. The maximum Gasteiger partial charge on any atom is 0.407 e. The van der Waals surface area contributed by atoms with Crippen molar-refractivity contribution in [1.82, 2.24) is 10.2 Å². The smallest absolute Gasteiger partial charge is 0.407 e. The molecule has 2 N–H and O–H groups in total. The molecule has 0 aromatic heterocycles. The van der Waals surface area contributed by atoms with Crippen LogP contribution in [0.25, 0.3) is 10.4 Å². The molecule has 1 unspecified atom stereocenters. The Morgan fingerprint density at radius 1 is 1.46 bits per heavy atom. The highest BCUT2D eigenvalue weighted by Crippen LogP contribution is 2.23. The number of carboxylic acid groups (broad SMARTS) is 1. The molecule has 1 heterocycles. The third kappa shape index (κ3) is 7.60. The normalized spacial score (nSPS) is 18.2. The average Bonchev–Trinajstić information content (AvgIpc) is 2.87. The van der Waals surface area contributed by atoms with Crippen LogP contribution < -0.4 is 5.32 Å². The lowest BCUT2D eigenvalue weighted by Gasteiger charge is -2.24. The summed E-state index contributed by atoms with van der Waals surface area (Å²) in [6, 6.07) is -0.903. The molecule has 10 nitrogen and oxygen atoms in total. The lowest BCUT2D eigenvalue weighted by Crippen LogP contribution is -2.42. The second-order valence-corrected chi connectivity index (χ2v) is 7.31. The van der Waals surface area contributed by atoms with Gasteiger partial charge in [-0.05, 0) is 51.5 Å². The van der Waals surface area contributed by atoms with Gasteiger partial charge in [-0.1, -0.05) is 5.11 Å². The SMILES string of the molecule is CC(C)(C)OC(=O)NCCCC[C@@H](C(=O)O)N1CC(CN=[N+]=[N-])CC1=O. The van der Waals surface area contributed by atoms with Crippen LogP contribution in [0.5, 0.6) is 0 Å². The van der Waals surface area contributed by atoms with E-state index in [1.54, 1.807) is 20.8 Å². The lowest BCUT2D eigenvalue weighted by atomic mass is 10.1. The first-order valence-electron chi connectivity index (χ1n) is 8.64. The number of carboxylic acids is 1. The van der Waals surface area contributed by atoms with Gasteiger partial charge in [0, 0.05) is 31.0 Å². The van der Waals surface area contributed by atoms with Crippen molar-refractivity contribution in [1.29, 1.82) is 0 Å². The topological polar surface area (TPSA) is 145 Å². The Balaban J connectivity index is 2.40. The fraction of sp³-hybridized carbons (Fsp3) is 0.812. The molecule has 1 aliphatic heterocycles. The van der Waals surface area contributed by atoms with Crippen LogP contribution in [0.2, 0.25) is 0 Å². The Morgan fingerprint density at radius 3 is 2.73 bits per heavy atom. The molecule has 0 spiro atoms. The fourth-order valence-corrected chi connectivity index (χ4v) is 2.76. The Kier molecular flexibility index (Phi) is 8.18. The van der Waals surface area contributed by atoms with E-state index in [-0.39, 0.29) is 31.3 Å². The molecule has 2 amide bonds. The van der Waals surface area contributed by atoms with Gasteiger partial charge in [0.15, 0.2) is 0 Å². The molecule has 1 rings (SSSR count). The van der Waals surface area contributed by atoms with E-state index in [9.17, 15) is 19.5 Å². The van der Waals surface area contributed by atoms with Gasteiger partial charge in [0.25, 0.3) is 0 Å². The third-order valence-electron chi connectivity index (χ3n) is 3.88. The number of hydrogen-bond donors (Lipinski definition) is 2. The van der Waals surface area contributed by atoms with Crippen LogP contribution >= 0.6 is 0 Å². The van der Waals surface area contributed by atoms with E-state index in [2.05, 4.69) is 15.3 Å². The number of carbonyl (C=O) groups excluding carboxylic acids is 2. The summed E-state index contributed by atoms with van der Waals surface area (Å²) in [7, 11) is 0. The second kappa shape index (κ2) is 9.86. The number of amides is 2. The van der Waals surface area contributed by atoms with Crippen LogP contribution in [-0.4, -0.2) is 59.3 Å². The average molecular weight is 369 g/mol. The van der Waals surface area contributed by atoms with E-state index in [1.165, 1.54) is 4.90 Å². The van der Waals surface area contributed by atoms with Crippen LogP contribution in [0.3, 0.4) is 0 Å². The van der Waals surface area contributed by atoms with E-state index in [0.29, 0.717) is 25.8 Å². The molecular formula is C16H27N5O5. The fourth-order valence-electron chi connectivity index (χ4n) is 2.76. The van der Waals surface area contributed by atoms with Crippen LogP contribution in [0.15, 0.2) is 5.11 Å². The van der Waals surface area contributed by atoms with Crippen molar-refractivity contribution < 1.29 is 24.2 Å². The number of unbranched alkanes of at least 4 members (excludes halogenated alkanes) is 1. The first-order valence-corrected chi connectivity index (χ1v) is 8.64. The summed E-state index contributed by atoms with van der Waals surface area (Å²) in [6.45, 7) is 6.15. The van der Waals surface area contributed by atoms with Crippen molar-refractivity contribution in [3.05, 3.63) is 10.4 Å². The van der Waals surface area contributed by atoms with Crippen molar-refractivity contribution >= 4 is 18.0 Å². The van der Waals surface area contributed by atoms with Gasteiger partial charge in [-0.25, -0.2) is 9.59 Å². The molecule has 0 aromatic rings. The Labute approximate surface area is 152 Å². The minimum atomic E-state index is -1.05. The van der Waals surface area contributed by atoms with Crippen molar-refractivity contribution in [3.8, 4) is 0 Å². The van der Waals surface area contributed by atoms with Crippen LogP contribution in [0.1, 0.15) is 46.5 Å². The molecule has 1 fully saturated rings. The van der Waals surface area contributed by atoms with Gasteiger partial charge in [-0.15, -0.1) is 0 Å². The Bertz CT molecular complexity index is 568. The van der Waals surface area contributed by atoms with E-state index in [1.807, 2.05) is 0 Å². The second-order valence-electron chi connectivity index (χ2n) is 7.31. The minimum absolute atomic E-state index is 0.144. The van der Waals surface area contributed by atoms with Gasteiger partial charge < -0.3 is 20.1 Å². The highest BCUT2D eigenvalue weighted by molar-refractivity contribution is 5.85. The number of azide groups is 1. The van der Waals surface area contributed by atoms with Crippen molar-refractivity contribution in [2.45, 2.75) is 58.1 Å². The van der Waals surface area contributed by atoms with Gasteiger partial charge in [-0.3, -0.25) is 4.79 Å². The Morgan fingerprint density at radius 2 is 2.15 bits per heavy atom. The largest absolute Gasteiger partial charge is 0.480 e. The molecule has 0 aliphatic carbocycles. The lowest BCUT2D eigenvalue weighted by molar-refractivity contribution is -0.148. The van der Waals surface area contributed by atoms with Crippen molar-refractivity contribution in [3.63, 3.8) is 0 Å². The van der Waals surface area contributed by atoms with Gasteiger partial charge in [0.1, 0.15) is 11.6 Å². The number of ether oxygens (including phenoxy) is 1. The zero-order chi connectivity index (χ0) is 19.7. The van der Waals surface area contributed by atoms with Crippen molar-refractivity contribution in [2.75, 3.05) is 19.6 Å². The maximum atomic E-state index is 12.1. The summed E-state index contributed by atoms with van der Waals surface area (Å²) in [4.78, 5) is 39.1. The van der Waals surface area contributed by atoms with Crippen molar-refractivity contribution in [2.24, 2.45) is 11.0 Å². The molecule has 2 atom stereocenters. The molecule has 1 saturated heterocycles. The molecule has 1 aliphatic rings. The quantitative estimate of drug-likeness (QED) is 0.277. The zero-order valence-electron chi connectivity index (χ0n) is 15.5. The van der Waals surface area contributed by atoms with Gasteiger partial charge >= 0.3 is 12.1 Å².